The summed E-state index contributed by atoms with van der Waals surface area (Å²) in [7, 11) is 0. The molecule has 1 aromatic rings. The van der Waals surface area contributed by atoms with Gasteiger partial charge in [-0.1, -0.05) is 18.7 Å². The Kier molecular flexibility index (Phi) is 3.28. The first-order chi connectivity index (χ1) is 7.99. The molecule has 1 N–H and O–H groups in total. The van der Waals surface area contributed by atoms with E-state index in [2.05, 4.69) is 10.3 Å². The Morgan fingerprint density at radius 1 is 1.24 bits per heavy atom. The minimum absolute atomic E-state index is 0.169. The lowest BCUT2D eigenvalue weighted by atomic mass is 10.2. The van der Waals surface area contributed by atoms with E-state index in [1.54, 1.807) is 0 Å². The molecule has 0 spiro atoms. The monoisotopic (exact) mass is 264 g/mol. The van der Waals surface area contributed by atoms with Crippen LogP contribution >= 0.6 is 11.8 Å². The van der Waals surface area contributed by atoms with E-state index >= 15 is 0 Å². The number of thioether (sulfide) groups is 1. The van der Waals surface area contributed by atoms with Gasteiger partial charge in [0, 0.05) is 11.3 Å². The number of benzene rings is 1. The number of hydrogen-bond donors (Lipinski definition) is 1. The van der Waals surface area contributed by atoms with E-state index in [-0.39, 0.29) is 16.5 Å². The molecular weight excluding hydrogens is 256 g/mol. The number of amidine groups is 1. The van der Waals surface area contributed by atoms with Crippen LogP contribution in [0.5, 0.6) is 0 Å². The van der Waals surface area contributed by atoms with Gasteiger partial charge in [0.05, 0.1) is 6.54 Å². The first-order valence-electron chi connectivity index (χ1n) is 4.80. The third-order valence-electron chi connectivity index (χ3n) is 2.15. The van der Waals surface area contributed by atoms with Gasteiger partial charge >= 0.3 is 0 Å². The van der Waals surface area contributed by atoms with Crippen LogP contribution in [0, 0.1) is 23.3 Å². The summed E-state index contributed by atoms with van der Waals surface area (Å²) in [5.74, 6) is -5.79. The van der Waals surface area contributed by atoms with Gasteiger partial charge in [-0.3, -0.25) is 4.99 Å². The zero-order valence-electron chi connectivity index (χ0n) is 8.73. The number of nitrogens with one attached hydrogen (secondary N) is 1. The lowest BCUT2D eigenvalue weighted by Gasteiger charge is -2.09. The van der Waals surface area contributed by atoms with Crippen molar-refractivity contribution in [1.82, 2.24) is 0 Å². The zero-order valence-corrected chi connectivity index (χ0v) is 9.55. The van der Waals surface area contributed by atoms with Crippen LogP contribution in [-0.4, -0.2) is 17.0 Å². The topological polar surface area (TPSA) is 24.4 Å². The van der Waals surface area contributed by atoms with Gasteiger partial charge in [0.15, 0.2) is 28.4 Å². The lowest BCUT2D eigenvalue weighted by Crippen LogP contribution is -2.11. The van der Waals surface area contributed by atoms with Crippen molar-refractivity contribution in [3.63, 3.8) is 0 Å². The highest BCUT2D eigenvalue weighted by Crippen LogP contribution is 2.27. The fourth-order valence-corrected chi connectivity index (χ4v) is 2.18. The van der Waals surface area contributed by atoms with E-state index in [4.69, 9.17) is 0 Å². The Labute approximate surface area is 99.1 Å². The zero-order chi connectivity index (χ0) is 12.6. The molecule has 92 valence electrons. The second-order valence-corrected chi connectivity index (χ2v) is 4.97. The summed E-state index contributed by atoms with van der Waals surface area (Å²) >= 11 is 1.25. The van der Waals surface area contributed by atoms with Gasteiger partial charge in [0.1, 0.15) is 5.69 Å². The highest BCUT2D eigenvalue weighted by Gasteiger charge is 2.22. The third-order valence-corrected chi connectivity index (χ3v) is 3.15. The first kappa shape index (κ1) is 12.2. The Hall–Kier alpha value is -1.24. The van der Waals surface area contributed by atoms with Crippen molar-refractivity contribution in [2.45, 2.75) is 12.2 Å². The maximum atomic E-state index is 13.3. The van der Waals surface area contributed by atoms with Crippen molar-refractivity contribution in [2.75, 3.05) is 11.9 Å². The van der Waals surface area contributed by atoms with Crippen LogP contribution in [0.1, 0.15) is 6.92 Å². The van der Waals surface area contributed by atoms with Crippen molar-refractivity contribution in [2.24, 2.45) is 4.99 Å². The van der Waals surface area contributed by atoms with Crippen LogP contribution in [-0.2, 0) is 0 Å². The number of hydrogen-bond acceptors (Lipinski definition) is 3. The van der Waals surface area contributed by atoms with Gasteiger partial charge in [-0.05, 0) is 0 Å². The summed E-state index contributed by atoms with van der Waals surface area (Å²) < 4.78 is 52.4. The molecule has 2 nitrogen and oxygen atoms in total. The Bertz CT molecular complexity index is 463. The quantitative estimate of drug-likeness (QED) is 0.622. The summed E-state index contributed by atoms with van der Waals surface area (Å²) in [5.41, 5.74) is -0.845. The van der Waals surface area contributed by atoms with Crippen LogP contribution in [0.3, 0.4) is 0 Å². The molecule has 1 aliphatic rings. The minimum atomic E-state index is -1.45. The van der Waals surface area contributed by atoms with E-state index in [0.29, 0.717) is 6.54 Å². The molecule has 0 bridgehead atoms. The third kappa shape index (κ3) is 2.38. The van der Waals surface area contributed by atoms with Gasteiger partial charge in [-0.15, -0.1) is 0 Å². The molecule has 0 radical (unpaired) electrons. The maximum absolute atomic E-state index is 13.3. The van der Waals surface area contributed by atoms with Crippen molar-refractivity contribution in [1.29, 1.82) is 0 Å². The predicted octanol–water partition coefficient (Wildman–Crippen LogP) is 3.15. The molecule has 1 unspecified atom stereocenters. The maximum Gasteiger partial charge on any atom is 0.185 e. The highest BCUT2D eigenvalue weighted by atomic mass is 32.2. The van der Waals surface area contributed by atoms with Gasteiger partial charge in [0.2, 0.25) is 0 Å². The fraction of sp³-hybridized carbons (Fsp3) is 0.300. The second kappa shape index (κ2) is 4.56. The summed E-state index contributed by atoms with van der Waals surface area (Å²) in [5, 5.41) is 2.69. The Morgan fingerprint density at radius 3 is 2.29 bits per heavy atom. The summed E-state index contributed by atoms with van der Waals surface area (Å²) in [6, 6.07) is 0.169. The summed E-state index contributed by atoms with van der Waals surface area (Å²) in [6.07, 6.45) is 0. The molecule has 0 saturated carbocycles. The molecule has 1 heterocycles. The summed E-state index contributed by atoms with van der Waals surface area (Å²) in [6.45, 7) is 2.37. The molecule has 0 saturated heterocycles. The molecule has 1 aromatic carbocycles. The number of nitrogens with zero attached hydrogens (tertiary/aromatic N) is 1. The van der Waals surface area contributed by atoms with Crippen molar-refractivity contribution in [3.05, 3.63) is 29.3 Å². The standard InChI is InChI=1S/C10H8F4N2S/c1-4-3-15-10(17-4)16-9-7(13)5(11)2-6(12)8(9)14/h2,4H,3H2,1H3,(H,15,16). The Morgan fingerprint density at radius 2 is 1.82 bits per heavy atom. The first-order valence-corrected chi connectivity index (χ1v) is 5.68. The van der Waals surface area contributed by atoms with Crippen LogP contribution in [0.15, 0.2) is 11.1 Å². The predicted molar refractivity (Wildman–Crippen MR) is 59.3 cm³/mol. The molecule has 0 fully saturated rings. The van der Waals surface area contributed by atoms with Gasteiger partial charge < -0.3 is 5.32 Å². The molecule has 1 aliphatic heterocycles. The van der Waals surface area contributed by atoms with Crippen LogP contribution < -0.4 is 5.32 Å². The van der Waals surface area contributed by atoms with Crippen LogP contribution in [0.25, 0.3) is 0 Å². The van der Waals surface area contributed by atoms with E-state index < -0.39 is 29.0 Å². The van der Waals surface area contributed by atoms with Gasteiger partial charge in [0.25, 0.3) is 0 Å². The van der Waals surface area contributed by atoms with E-state index in [9.17, 15) is 17.6 Å². The molecule has 0 aromatic heterocycles. The lowest BCUT2D eigenvalue weighted by molar-refractivity contribution is 0.459. The largest absolute Gasteiger partial charge is 0.330 e. The van der Waals surface area contributed by atoms with Gasteiger partial charge in [-0.25, -0.2) is 17.6 Å². The van der Waals surface area contributed by atoms with E-state index in [1.165, 1.54) is 11.8 Å². The fourth-order valence-electron chi connectivity index (χ4n) is 1.34. The molecule has 0 aliphatic carbocycles. The van der Waals surface area contributed by atoms with Crippen molar-refractivity contribution < 1.29 is 17.6 Å². The average Bonchev–Trinajstić information content (AvgIpc) is 2.68. The average molecular weight is 264 g/mol. The molecular formula is C10H8F4N2S. The molecule has 1 atom stereocenters. The number of aliphatic imine (C=N–C) groups is 1. The van der Waals surface area contributed by atoms with Crippen molar-refractivity contribution >= 4 is 22.6 Å². The SMILES string of the molecule is CC1CN=C(Nc2c(F)c(F)cc(F)c2F)S1. The number of rotatable bonds is 1. The van der Waals surface area contributed by atoms with E-state index in [0.717, 1.165) is 0 Å². The molecule has 17 heavy (non-hydrogen) atoms. The normalized spacial score (nSPS) is 19.4. The van der Waals surface area contributed by atoms with Crippen LogP contribution in [0.2, 0.25) is 0 Å². The minimum Gasteiger partial charge on any atom is -0.330 e. The second-order valence-electron chi connectivity index (χ2n) is 3.54. The molecule has 7 heteroatoms. The number of anilines is 1. The van der Waals surface area contributed by atoms with Crippen LogP contribution in [0.4, 0.5) is 23.2 Å². The van der Waals surface area contributed by atoms with Gasteiger partial charge in [-0.2, -0.15) is 0 Å². The molecule has 2 rings (SSSR count). The molecule has 0 amide bonds. The Balaban J connectivity index is 2.32. The summed E-state index contributed by atoms with van der Waals surface area (Å²) in [4.78, 5) is 3.94. The smallest absolute Gasteiger partial charge is 0.185 e. The van der Waals surface area contributed by atoms with E-state index in [1.807, 2.05) is 6.92 Å². The highest BCUT2D eigenvalue weighted by molar-refractivity contribution is 8.15. The number of halogens is 4. The van der Waals surface area contributed by atoms with Crippen molar-refractivity contribution in [3.8, 4) is 0 Å².